The first-order valence-corrected chi connectivity index (χ1v) is 6.70. The van der Waals surface area contributed by atoms with Crippen LogP contribution in [0.25, 0.3) is 0 Å². The minimum atomic E-state index is -1.18. The molecule has 0 aliphatic heterocycles. The number of hydrogen-bond acceptors (Lipinski definition) is 2. The fraction of sp³-hybridized carbons (Fsp3) is 0.385. The molecule has 0 aliphatic rings. The summed E-state index contributed by atoms with van der Waals surface area (Å²) in [6, 6.07) is 0.466. The van der Waals surface area contributed by atoms with Crippen LogP contribution in [-0.4, -0.2) is 23.0 Å². The summed E-state index contributed by atoms with van der Waals surface area (Å²) in [5.41, 5.74) is -0.154. The molecule has 1 amide bonds. The van der Waals surface area contributed by atoms with Gasteiger partial charge in [-0.1, -0.05) is 13.8 Å². The van der Waals surface area contributed by atoms with Gasteiger partial charge in [-0.25, -0.2) is 13.6 Å². The molecule has 0 radical (unpaired) electrons. The van der Waals surface area contributed by atoms with Crippen molar-refractivity contribution < 1.29 is 23.5 Å². The lowest BCUT2D eigenvalue weighted by Crippen LogP contribution is -2.41. The third kappa shape index (κ3) is 4.26. The Hall–Kier alpha value is -1.50. The van der Waals surface area contributed by atoms with E-state index >= 15 is 0 Å². The summed E-state index contributed by atoms with van der Waals surface area (Å²) < 4.78 is 26.1. The molecule has 0 heterocycles. The van der Waals surface area contributed by atoms with E-state index in [4.69, 9.17) is 5.11 Å². The molecule has 110 valence electrons. The van der Waals surface area contributed by atoms with Crippen molar-refractivity contribution in [3.8, 4) is 0 Å². The first-order valence-electron chi connectivity index (χ1n) is 5.90. The fourth-order valence-electron chi connectivity index (χ4n) is 1.63. The van der Waals surface area contributed by atoms with Crippen LogP contribution in [0, 0.1) is 17.6 Å². The highest BCUT2D eigenvalue weighted by atomic mass is 79.9. The molecule has 1 aromatic rings. The van der Waals surface area contributed by atoms with E-state index in [2.05, 4.69) is 21.2 Å². The van der Waals surface area contributed by atoms with E-state index in [9.17, 15) is 18.4 Å². The second-order valence-corrected chi connectivity index (χ2v) is 5.59. The summed E-state index contributed by atoms with van der Waals surface area (Å²) >= 11 is 2.94. The van der Waals surface area contributed by atoms with Gasteiger partial charge in [-0.3, -0.25) is 4.79 Å². The van der Waals surface area contributed by atoms with E-state index in [-0.39, 0.29) is 22.4 Å². The number of carbonyl (C=O) groups is 2. The largest absolute Gasteiger partial charge is 0.480 e. The summed E-state index contributed by atoms with van der Waals surface area (Å²) in [6.45, 7) is 3.63. The number of carboxylic acids is 1. The zero-order valence-electron chi connectivity index (χ0n) is 10.9. The highest BCUT2D eigenvalue weighted by Crippen LogP contribution is 2.21. The number of carboxylic acid groups (broad SMARTS) is 1. The molecule has 2 N–H and O–H groups in total. The van der Waals surface area contributed by atoms with Gasteiger partial charge in [0.2, 0.25) is 0 Å². The van der Waals surface area contributed by atoms with Crippen molar-refractivity contribution in [3.63, 3.8) is 0 Å². The molecule has 0 aliphatic carbocycles. The third-order valence-corrected chi connectivity index (χ3v) is 3.22. The lowest BCUT2D eigenvalue weighted by Gasteiger charge is -2.17. The van der Waals surface area contributed by atoms with Crippen molar-refractivity contribution in [2.24, 2.45) is 5.92 Å². The van der Waals surface area contributed by atoms with Gasteiger partial charge in [-0.05, 0) is 40.4 Å². The molecular weight excluding hydrogens is 336 g/mol. The Morgan fingerprint density at radius 2 is 1.85 bits per heavy atom. The topological polar surface area (TPSA) is 66.4 Å². The van der Waals surface area contributed by atoms with Gasteiger partial charge in [0, 0.05) is 4.47 Å². The summed E-state index contributed by atoms with van der Waals surface area (Å²) in [5.74, 6) is -4.15. The van der Waals surface area contributed by atoms with Crippen molar-refractivity contribution >= 4 is 27.8 Å². The van der Waals surface area contributed by atoms with Crippen LogP contribution in [0.4, 0.5) is 8.78 Å². The molecule has 0 aromatic heterocycles. The molecular formula is C13H14BrF2NO3. The highest BCUT2D eigenvalue weighted by Gasteiger charge is 2.23. The normalized spacial score (nSPS) is 12.3. The third-order valence-electron chi connectivity index (χ3n) is 2.57. The summed E-state index contributed by atoms with van der Waals surface area (Å²) in [6.07, 6.45) is 0.238. The Balaban J connectivity index is 2.95. The van der Waals surface area contributed by atoms with Gasteiger partial charge in [-0.2, -0.15) is 0 Å². The van der Waals surface area contributed by atoms with Gasteiger partial charge in [0.1, 0.15) is 6.04 Å². The number of rotatable bonds is 5. The van der Waals surface area contributed by atoms with Crippen molar-refractivity contribution in [2.45, 2.75) is 26.3 Å². The average Bonchev–Trinajstić information content (AvgIpc) is 2.32. The molecule has 0 fully saturated rings. The predicted octanol–water partition coefficient (Wildman–Crippen LogP) is 2.96. The van der Waals surface area contributed by atoms with Crippen LogP contribution in [-0.2, 0) is 4.79 Å². The Bertz CT molecular complexity index is 535. The van der Waals surface area contributed by atoms with Gasteiger partial charge in [0.15, 0.2) is 11.6 Å². The molecule has 0 saturated heterocycles. The van der Waals surface area contributed by atoms with E-state index in [1.165, 1.54) is 0 Å². The van der Waals surface area contributed by atoms with Gasteiger partial charge >= 0.3 is 5.97 Å². The van der Waals surface area contributed by atoms with Crippen LogP contribution in [0.1, 0.15) is 30.6 Å². The van der Waals surface area contributed by atoms with Gasteiger partial charge in [-0.15, -0.1) is 0 Å². The first kappa shape index (κ1) is 16.6. The first-order chi connectivity index (χ1) is 9.22. The molecule has 1 rings (SSSR count). The van der Waals surface area contributed by atoms with E-state index in [1.807, 2.05) is 13.8 Å². The van der Waals surface area contributed by atoms with E-state index in [1.54, 1.807) is 0 Å². The van der Waals surface area contributed by atoms with Crippen LogP contribution < -0.4 is 5.32 Å². The number of carbonyl (C=O) groups excluding carboxylic acids is 1. The SMILES string of the molecule is CC(C)C[C@H](NC(=O)c1cc(F)c(F)cc1Br)C(=O)O. The highest BCUT2D eigenvalue weighted by molar-refractivity contribution is 9.10. The Kier molecular flexibility index (Phi) is 5.62. The zero-order valence-corrected chi connectivity index (χ0v) is 12.5. The molecule has 0 unspecified atom stereocenters. The number of amides is 1. The van der Waals surface area contributed by atoms with E-state index in [0.29, 0.717) is 0 Å². The van der Waals surface area contributed by atoms with Gasteiger partial charge in [0.05, 0.1) is 5.56 Å². The predicted molar refractivity (Wildman–Crippen MR) is 72.4 cm³/mol. The van der Waals surface area contributed by atoms with Gasteiger partial charge in [0.25, 0.3) is 5.91 Å². The van der Waals surface area contributed by atoms with Crippen LogP contribution >= 0.6 is 15.9 Å². The van der Waals surface area contributed by atoms with Crippen molar-refractivity contribution in [2.75, 3.05) is 0 Å². The molecule has 0 bridgehead atoms. The Labute approximate surface area is 123 Å². The number of aliphatic carboxylic acids is 1. The monoisotopic (exact) mass is 349 g/mol. The smallest absolute Gasteiger partial charge is 0.326 e. The Morgan fingerprint density at radius 3 is 2.35 bits per heavy atom. The molecule has 4 nitrogen and oxygen atoms in total. The summed E-state index contributed by atoms with van der Waals surface area (Å²) in [7, 11) is 0. The number of hydrogen-bond donors (Lipinski definition) is 2. The van der Waals surface area contributed by atoms with Crippen molar-refractivity contribution in [1.29, 1.82) is 0 Å². The van der Waals surface area contributed by atoms with Crippen LogP contribution in [0.3, 0.4) is 0 Å². The number of benzene rings is 1. The summed E-state index contributed by atoms with van der Waals surface area (Å²) in [4.78, 5) is 23.0. The molecule has 0 spiro atoms. The summed E-state index contributed by atoms with van der Waals surface area (Å²) in [5, 5.41) is 11.3. The quantitative estimate of drug-likeness (QED) is 0.803. The molecule has 0 saturated carbocycles. The van der Waals surface area contributed by atoms with Crippen LogP contribution in [0.5, 0.6) is 0 Å². The minimum absolute atomic E-state index is 0.0579. The fourth-order valence-corrected chi connectivity index (χ4v) is 2.12. The van der Waals surface area contributed by atoms with E-state index < -0.39 is 29.6 Å². The maximum atomic E-state index is 13.1. The molecule has 7 heteroatoms. The van der Waals surface area contributed by atoms with Gasteiger partial charge < -0.3 is 10.4 Å². The van der Waals surface area contributed by atoms with Crippen LogP contribution in [0.15, 0.2) is 16.6 Å². The number of halogens is 3. The molecule has 1 aromatic carbocycles. The zero-order chi connectivity index (χ0) is 15.4. The maximum Gasteiger partial charge on any atom is 0.326 e. The second-order valence-electron chi connectivity index (χ2n) is 4.74. The maximum absolute atomic E-state index is 13.1. The van der Waals surface area contributed by atoms with Crippen molar-refractivity contribution in [3.05, 3.63) is 33.8 Å². The Morgan fingerprint density at radius 1 is 1.30 bits per heavy atom. The average molecular weight is 350 g/mol. The second kappa shape index (κ2) is 6.78. The number of nitrogens with one attached hydrogen (secondary N) is 1. The van der Waals surface area contributed by atoms with Crippen LogP contribution in [0.2, 0.25) is 0 Å². The van der Waals surface area contributed by atoms with Crippen molar-refractivity contribution in [1.82, 2.24) is 5.32 Å². The minimum Gasteiger partial charge on any atom is -0.480 e. The molecule has 20 heavy (non-hydrogen) atoms. The lowest BCUT2D eigenvalue weighted by atomic mass is 10.0. The molecule has 1 atom stereocenters. The lowest BCUT2D eigenvalue weighted by molar-refractivity contribution is -0.139. The van der Waals surface area contributed by atoms with E-state index in [0.717, 1.165) is 12.1 Å². The standard InChI is InChI=1S/C13H14BrF2NO3/c1-6(2)3-11(13(19)20)17-12(18)7-4-9(15)10(16)5-8(7)14/h4-6,11H,3H2,1-2H3,(H,17,18)(H,19,20)/t11-/m0/s1.